The summed E-state index contributed by atoms with van der Waals surface area (Å²) in [5.74, 6) is -0.0404. The van der Waals surface area contributed by atoms with E-state index in [1.54, 1.807) is 18.3 Å². The van der Waals surface area contributed by atoms with Gasteiger partial charge in [0.25, 0.3) is 0 Å². The van der Waals surface area contributed by atoms with E-state index in [1.165, 1.54) is 19.4 Å². The third-order valence-corrected chi connectivity index (χ3v) is 4.73. The number of halogens is 3. The number of nitrogens with one attached hydrogen (secondary N) is 1. The summed E-state index contributed by atoms with van der Waals surface area (Å²) in [4.78, 5) is 15.1. The lowest BCUT2D eigenvalue weighted by atomic mass is 10.1. The van der Waals surface area contributed by atoms with E-state index in [4.69, 9.17) is 9.47 Å². The average molecular weight is 447 g/mol. The number of anilines is 3. The third kappa shape index (κ3) is 4.99. The Hall–Kier alpha value is -3.60. The molecule has 32 heavy (non-hydrogen) atoms. The fraction of sp³-hybridized carbons (Fsp3) is 0.286. The second-order valence-corrected chi connectivity index (χ2v) is 6.77. The Bertz CT molecular complexity index is 1080. The highest BCUT2D eigenvalue weighted by molar-refractivity contribution is 5.72. The van der Waals surface area contributed by atoms with Crippen molar-refractivity contribution in [1.82, 2.24) is 15.0 Å². The Morgan fingerprint density at radius 1 is 1.09 bits per heavy atom. The maximum atomic E-state index is 14.2. The molecule has 3 heterocycles. The van der Waals surface area contributed by atoms with Crippen molar-refractivity contribution in [2.24, 2.45) is 0 Å². The molecular weight excluding hydrogens is 427 g/mol. The van der Waals surface area contributed by atoms with Crippen LogP contribution >= 0.6 is 0 Å². The number of rotatable bonds is 7. The number of methoxy groups -OCH3 is 1. The molecule has 3 aromatic rings. The molecule has 168 valence electrons. The Balaban J connectivity index is 1.60. The molecule has 1 saturated heterocycles. The first-order valence-electron chi connectivity index (χ1n) is 9.75. The Morgan fingerprint density at radius 2 is 1.91 bits per heavy atom. The van der Waals surface area contributed by atoms with Gasteiger partial charge in [0.2, 0.25) is 11.8 Å². The summed E-state index contributed by atoms with van der Waals surface area (Å²) in [6.45, 7) is -0.498. The van der Waals surface area contributed by atoms with Gasteiger partial charge in [-0.15, -0.1) is 0 Å². The number of aromatic nitrogens is 3. The van der Waals surface area contributed by atoms with Crippen molar-refractivity contribution in [3.05, 3.63) is 48.5 Å². The van der Waals surface area contributed by atoms with Gasteiger partial charge in [0.15, 0.2) is 11.6 Å². The molecule has 0 atom stereocenters. The van der Waals surface area contributed by atoms with Crippen molar-refractivity contribution in [2.75, 3.05) is 43.6 Å². The standard InChI is InChI=1S/C21H20F3N5O3/c1-30-19-16(27-18-4-5-25-21(28-18)29-6-8-31-9-7-29)11-14(12-26-19)13-2-3-17(15(22)10-13)32-20(23)24/h2-5,10-12,20H,6-9H2,1H3,(H,25,27,28). The van der Waals surface area contributed by atoms with Crippen molar-refractivity contribution in [2.45, 2.75) is 6.61 Å². The number of ether oxygens (including phenoxy) is 3. The molecule has 0 unspecified atom stereocenters. The van der Waals surface area contributed by atoms with Gasteiger partial charge < -0.3 is 24.4 Å². The smallest absolute Gasteiger partial charge is 0.387 e. The van der Waals surface area contributed by atoms with Crippen LogP contribution in [0.4, 0.5) is 30.6 Å². The van der Waals surface area contributed by atoms with Gasteiger partial charge in [-0.05, 0) is 29.8 Å². The quantitative estimate of drug-likeness (QED) is 0.585. The molecule has 8 nitrogen and oxygen atoms in total. The van der Waals surface area contributed by atoms with Crippen LogP contribution in [0.25, 0.3) is 11.1 Å². The fourth-order valence-electron chi connectivity index (χ4n) is 3.21. The van der Waals surface area contributed by atoms with Crippen LogP contribution in [0.3, 0.4) is 0 Å². The Morgan fingerprint density at radius 3 is 2.62 bits per heavy atom. The number of hydrogen-bond acceptors (Lipinski definition) is 8. The molecular formula is C21H20F3N5O3. The van der Waals surface area contributed by atoms with Gasteiger partial charge >= 0.3 is 6.61 Å². The monoisotopic (exact) mass is 447 g/mol. The van der Waals surface area contributed by atoms with E-state index in [-0.39, 0.29) is 0 Å². The van der Waals surface area contributed by atoms with Gasteiger partial charge in [-0.1, -0.05) is 6.07 Å². The minimum absolute atomic E-state index is 0.304. The first kappa shape index (κ1) is 21.6. The van der Waals surface area contributed by atoms with Crippen LogP contribution in [-0.4, -0.2) is 55.0 Å². The largest absolute Gasteiger partial charge is 0.480 e. The molecule has 1 fully saturated rings. The van der Waals surface area contributed by atoms with E-state index in [0.29, 0.717) is 60.8 Å². The maximum absolute atomic E-state index is 14.2. The highest BCUT2D eigenvalue weighted by Gasteiger charge is 2.16. The summed E-state index contributed by atoms with van der Waals surface area (Å²) >= 11 is 0. The summed E-state index contributed by atoms with van der Waals surface area (Å²) in [6.07, 6.45) is 3.13. The van der Waals surface area contributed by atoms with Crippen molar-refractivity contribution in [1.29, 1.82) is 0 Å². The van der Waals surface area contributed by atoms with Gasteiger partial charge in [-0.3, -0.25) is 0 Å². The normalized spacial score (nSPS) is 13.8. The summed E-state index contributed by atoms with van der Waals surface area (Å²) in [7, 11) is 1.47. The number of benzene rings is 1. The summed E-state index contributed by atoms with van der Waals surface area (Å²) in [5, 5.41) is 3.15. The number of nitrogens with zero attached hydrogens (tertiary/aromatic N) is 4. The molecule has 0 bridgehead atoms. The SMILES string of the molecule is COc1ncc(-c2ccc(OC(F)F)c(F)c2)cc1Nc1ccnc(N2CCOCC2)n1. The van der Waals surface area contributed by atoms with Gasteiger partial charge in [-0.25, -0.2) is 14.4 Å². The molecule has 0 amide bonds. The van der Waals surface area contributed by atoms with Gasteiger partial charge in [0.05, 0.1) is 20.3 Å². The van der Waals surface area contributed by atoms with Crippen molar-refractivity contribution < 1.29 is 27.4 Å². The molecule has 4 rings (SSSR count). The van der Waals surface area contributed by atoms with E-state index in [2.05, 4.69) is 25.0 Å². The first-order valence-corrected chi connectivity index (χ1v) is 9.75. The molecule has 1 aliphatic heterocycles. The maximum Gasteiger partial charge on any atom is 0.387 e. The lowest BCUT2D eigenvalue weighted by Crippen LogP contribution is -2.37. The van der Waals surface area contributed by atoms with Crippen LogP contribution in [0.1, 0.15) is 0 Å². The molecule has 0 saturated carbocycles. The van der Waals surface area contributed by atoms with E-state index >= 15 is 0 Å². The topological polar surface area (TPSA) is 81.6 Å². The number of alkyl halides is 2. The number of morpholine rings is 1. The van der Waals surface area contributed by atoms with Crippen LogP contribution in [0.15, 0.2) is 42.7 Å². The van der Waals surface area contributed by atoms with Crippen LogP contribution in [-0.2, 0) is 4.74 Å². The fourth-order valence-corrected chi connectivity index (χ4v) is 3.21. The lowest BCUT2D eigenvalue weighted by molar-refractivity contribution is -0.0521. The zero-order chi connectivity index (χ0) is 22.5. The van der Waals surface area contributed by atoms with Crippen molar-refractivity contribution >= 4 is 17.5 Å². The second-order valence-electron chi connectivity index (χ2n) is 6.77. The highest BCUT2D eigenvalue weighted by Crippen LogP contribution is 2.32. The second kappa shape index (κ2) is 9.69. The minimum atomic E-state index is -3.11. The summed E-state index contributed by atoms with van der Waals surface area (Å²) in [5.41, 5.74) is 1.46. The van der Waals surface area contributed by atoms with E-state index < -0.39 is 18.2 Å². The molecule has 1 aliphatic rings. The molecule has 11 heteroatoms. The van der Waals surface area contributed by atoms with Crippen molar-refractivity contribution in [3.63, 3.8) is 0 Å². The highest BCUT2D eigenvalue weighted by atomic mass is 19.3. The molecule has 0 radical (unpaired) electrons. The van der Waals surface area contributed by atoms with Crippen LogP contribution in [0.2, 0.25) is 0 Å². The van der Waals surface area contributed by atoms with E-state index in [0.717, 1.165) is 12.1 Å². The molecule has 2 aromatic heterocycles. The predicted molar refractivity (Wildman–Crippen MR) is 111 cm³/mol. The summed E-state index contributed by atoms with van der Waals surface area (Å²) < 4.78 is 53.7. The van der Waals surface area contributed by atoms with E-state index in [1.807, 2.05) is 4.90 Å². The van der Waals surface area contributed by atoms with Gasteiger partial charge in [0, 0.05) is 31.0 Å². The molecule has 0 aliphatic carbocycles. The minimum Gasteiger partial charge on any atom is -0.480 e. The molecule has 1 N–H and O–H groups in total. The van der Waals surface area contributed by atoms with Crippen LogP contribution < -0.4 is 19.7 Å². The lowest BCUT2D eigenvalue weighted by Gasteiger charge is -2.26. The van der Waals surface area contributed by atoms with Gasteiger partial charge in [-0.2, -0.15) is 13.8 Å². The average Bonchev–Trinajstić information content (AvgIpc) is 2.81. The number of pyridine rings is 1. The molecule has 0 spiro atoms. The Labute approximate surface area is 182 Å². The first-order chi connectivity index (χ1) is 15.5. The van der Waals surface area contributed by atoms with Crippen molar-refractivity contribution in [3.8, 4) is 22.8 Å². The predicted octanol–water partition coefficient (Wildman–Crippen LogP) is 3.87. The molecule has 1 aromatic carbocycles. The third-order valence-electron chi connectivity index (χ3n) is 4.73. The Kier molecular flexibility index (Phi) is 6.55. The zero-order valence-electron chi connectivity index (χ0n) is 17.1. The van der Waals surface area contributed by atoms with E-state index in [9.17, 15) is 13.2 Å². The van der Waals surface area contributed by atoms with Crippen LogP contribution in [0.5, 0.6) is 11.6 Å². The van der Waals surface area contributed by atoms with Crippen LogP contribution in [0, 0.1) is 5.82 Å². The zero-order valence-corrected chi connectivity index (χ0v) is 17.1. The number of hydrogen-bond donors (Lipinski definition) is 1. The van der Waals surface area contributed by atoms with Gasteiger partial charge in [0.1, 0.15) is 11.5 Å². The summed E-state index contributed by atoms with van der Waals surface area (Å²) in [6, 6.07) is 7.12.